The molecule has 110 valence electrons. The number of amides is 1. The third-order valence-electron chi connectivity index (χ3n) is 2.97. The van der Waals surface area contributed by atoms with Crippen LogP contribution in [0.25, 0.3) is 0 Å². The predicted octanol–water partition coefficient (Wildman–Crippen LogP) is 4.36. The Kier molecular flexibility index (Phi) is 4.90. The van der Waals surface area contributed by atoms with E-state index in [1.165, 1.54) is 0 Å². The number of halogens is 2. The van der Waals surface area contributed by atoms with Crippen molar-refractivity contribution in [1.82, 2.24) is 0 Å². The van der Waals surface area contributed by atoms with Gasteiger partial charge >= 0.3 is 0 Å². The van der Waals surface area contributed by atoms with Crippen LogP contribution in [-0.2, 0) is 0 Å². The number of carbonyl (C=O) groups is 1. The summed E-state index contributed by atoms with van der Waals surface area (Å²) in [7, 11) is 1.58. The molecule has 0 aromatic heterocycles. The van der Waals surface area contributed by atoms with Gasteiger partial charge in [-0.05, 0) is 68.6 Å². The van der Waals surface area contributed by atoms with Crippen molar-refractivity contribution in [2.75, 3.05) is 18.2 Å². The van der Waals surface area contributed by atoms with Crippen LogP contribution in [0.3, 0.4) is 0 Å². The molecule has 0 saturated carbocycles. The minimum Gasteiger partial charge on any atom is -0.496 e. The Morgan fingerprint density at radius 1 is 1.19 bits per heavy atom. The lowest BCUT2D eigenvalue weighted by molar-refractivity contribution is 0.102. The highest BCUT2D eigenvalue weighted by Crippen LogP contribution is 2.34. The van der Waals surface area contributed by atoms with Gasteiger partial charge < -0.3 is 15.8 Å². The number of aryl methyl sites for hydroxylation is 1. The van der Waals surface area contributed by atoms with Crippen LogP contribution >= 0.6 is 31.9 Å². The Balaban J connectivity index is 2.30. The van der Waals surface area contributed by atoms with Crippen molar-refractivity contribution in [3.8, 4) is 5.75 Å². The molecule has 0 saturated heterocycles. The lowest BCUT2D eigenvalue weighted by Gasteiger charge is -2.12. The van der Waals surface area contributed by atoms with Gasteiger partial charge in [0.25, 0.3) is 5.91 Å². The van der Waals surface area contributed by atoms with Gasteiger partial charge in [0.1, 0.15) is 5.75 Å². The third kappa shape index (κ3) is 3.57. The van der Waals surface area contributed by atoms with Crippen molar-refractivity contribution in [2.45, 2.75) is 6.92 Å². The number of methoxy groups -OCH3 is 1. The maximum Gasteiger partial charge on any atom is 0.255 e. The zero-order chi connectivity index (χ0) is 15.6. The van der Waals surface area contributed by atoms with Gasteiger partial charge in [-0.15, -0.1) is 0 Å². The first kappa shape index (κ1) is 15.9. The molecular weight excluding hydrogens is 400 g/mol. The van der Waals surface area contributed by atoms with Crippen LogP contribution in [0, 0.1) is 6.92 Å². The zero-order valence-electron chi connectivity index (χ0n) is 11.5. The van der Waals surface area contributed by atoms with E-state index in [1.807, 2.05) is 13.0 Å². The number of carbonyl (C=O) groups excluding carboxylic acids is 1. The minimum atomic E-state index is -0.223. The van der Waals surface area contributed by atoms with Crippen molar-refractivity contribution in [1.29, 1.82) is 0 Å². The Labute approximate surface area is 139 Å². The number of nitrogen functional groups attached to an aromatic ring is 1. The zero-order valence-corrected chi connectivity index (χ0v) is 14.7. The molecule has 0 fully saturated rings. The summed E-state index contributed by atoms with van der Waals surface area (Å²) >= 11 is 6.78. The van der Waals surface area contributed by atoms with Crippen LogP contribution in [0.2, 0.25) is 0 Å². The van der Waals surface area contributed by atoms with Gasteiger partial charge in [0.05, 0.1) is 12.8 Å². The number of ether oxygens (including phenoxy) is 1. The number of hydrogen-bond acceptors (Lipinski definition) is 3. The number of rotatable bonds is 3. The fraction of sp³-hybridized carbons (Fsp3) is 0.133. The molecule has 2 aromatic rings. The first-order valence-electron chi connectivity index (χ1n) is 6.13. The summed E-state index contributed by atoms with van der Waals surface area (Å²) in [6, 6.07) is 8.78. The molecule has 4 nitrogen and oxygen atoms in total. The number of benzene rings is 2. The topological polar surface area (TPSA) is 64.3 Å². The molecule has 0 bridgehead atoms. The molecule has 0 heterocycles. The van der Waals surface area contributed by atoms with Crippen LogP contribution in [0.1, 0.15) is 15.9 Å². The molecule has 21 heavy (non-hydrogen) atoms. The van der Waals surface area contributed by atoms with E-state index in [4.69, 9.17) is 10.5 Å². The summed E-state index contributed by atoms with van der Waals surface area (Å²) in [5, 5.41) is 2.85. The second kappa shape index (κ2) is 6.49. The van der Waals surface area contributed by atoms with Gasteiger partial charge in [-0.3, -0.25) is 4.79 Å². The minimum absolute atomic E-state index is 0.223. The second-order valence-corrected chi connectivity index (χ2v) is 6.21. The molecule has 0 spiro atoms. The van der Waals surface area contributed by atoms with E-state index >= 15 is 0 Å². The molecule has 6 heteroatoms. The van der Waals surface area contributed by atoms with Gasteiger partial charge in [0.2, 0.25) is 0 Å². The quantitative estimate of drug-likeness (QED) is 0.734. The Hall–Kier alpha value is -1.53. The largest absolute Gasteiger partial charge is 0.496 e. The summed E-state index contributed by atoms with van der Waals surface area (Å²) in [6.45, 7) is 1.92. The number of nitrogens with two attached hydrogens (primary N) is 1. The average Bonchev–Trinajstić information content (AvgIpc) is 2.43. The maximum atomic E-state index is 12.3. The van der Waals surface area contributed by atoms with Gasteiger partial charge in [0, 0.05) is 20.2 Å². The molecule has 0 atom stereocenters. The highest BCUT2D eigenvalue weighted by molar-refractivity contribution is 9.11. The number of anilines is 2. The normalized spacial score (nSPS) is 10.3. The molecule has 0 radical (unpaired) electrons. The van der Waals surface area contributed by atoms with E-state index in [9.17, 15) is 4.79 Å². The van der Waals surface area contributed by atoms with Gasteiger partial charge in [0.15, 0.2) is 0 Å². The molecule has 0 aliphatic heterocycles. The van der Waals surface area contributed by atoms with Gasteiger partial charge in [-0.25, -0.2) is 0 Å². The van der Waals surface area contributed by atoms with Crippen molar-refractivity contribution in [3.05, 3.63) is 50.4 Å². The van der Waals surface area contributed by atoms with Crippen molar-refractivity contribution < 1.29 is 9.53 Å². The standard InChI is InChI=1S/C15H14Br2N2O2/c1-8-3-4-9(5-13(8)21-2)15(20)19-14-11(16)6-10(18)7-12(14)17/h3-7H,18H2,1-2H3,(H,19,20). The highest BCUT2D eigenvalue weighted by atomic mass is 79.9. The summed E-state index contributed by atoms with van der Waals surface area (Å²) in [5.74, 6) is 0.456. The summed E-state index contributed by atoms with van der Waals surface area (Å²) in [5.41, 5.74) is 8.47. The van der Waals surface area contributed by atoms with Crippen LogP contribution in [0.4, 0.5) is 11.4 Å². The third-order valence-corrected chi connectivity index (χ3v) is 4.22. The van der Waals surface area contributed by atoms with Gasteiger partial charge in [-0.1, -0.05) is 6.07 Å². The lowest BCUT2D eigenvalue weighted by atomic mass is 10.1. The van der Waals surface area contributed by atoms with Crippen LogP contribution in [-0.4, -0.2) is 13.0 Å². The van der Waals surface area contributed by atoms with E-state index in [0.29, 0.717) is 31.6 Å². The number of nitrogens with one attached hydrogen (secondary N) is 1. The summed E-state index contributed by atoms with van der Waals surface area (Å²) < 4.78 is 6.65. The summed E-state index contributed by atoms with van der Waals surface area (Å²) in [6.07, 6.45) is 0. The van der Waals surface area contributed by atoms with Gasteiger partial charge in [-0.2, -0.15) is 0 Å². The van der Waals surface area contributed by atoms with E-state index in [-0.39, 0.29) is 5.91 Å². The van der Waals surface area contributed by atoms with E-state index in [1.54, 1.807) is 31.4 Å². The molecular formula is C15H14Br2N2O2. The van der Waals surface area contributed by atoms with Crippen molar-refractivity contribution >= 4 is 49.1 Å². The van der Waals surface area contributed by atoms with Crippen LogP contribution in [0.15, 0.2) is 39.3 Å². The molecule has 3 N–H and O–H groups in total. The highest BCUT2D eigenvalue weighted by Gasteiger charge is 2.13. The molecule has 0 aliphatic carbocycles. The van der Waals surface area contributed by atoms with Crippen molar-refractivity contribution in [3.63, 3.8) is 0 Å². The molecule has 0 aliphatic rings. The van der Waals surface area contributed by atoms with E-state index in [0.717, 1.165) is 5.56 Å². The Morgan fingerprint density at radius 3 is 2.38 bits per heavy atom. The molecule has 2 aromatic carbocycles. The smallest absolute Gasteiger partial charge is 0.255 e. The van der Waals surface area contributed by atoms with Crippen molar-refractivity contribution in [2.24, 2.45) is 0 Å². The predicted molar refractivity (Wildman–Crippen MR) is 91.9 cm³/mol. The molecule has 2 rings (SSSR count). The lowest BCUT2D eigenvalue weighted by Crippen LogP contribution is -2.13. The summed E-state index contributed by atoms with van der Waals surface area (Å²) in [4.78, 5) is 12.3. The Morgan fingerprint density at radius 2 is 1.81 bits per heavy atom. The first-order valence-corrected chi connectivity index (χ1v) is 7.71. The number of hydrogen-bond donors (Lipinski definition) is 2. The van der Waals surface area contributed by atoms with Crippen LogP contribution in [0.5, 0.6) is 5.75 Å². The van der Waals surface area contributed by atoms with E-state index in [2.05, 4.69) is 37.2 Å². The average molecular weight is 414 g/mol. The van der Waals surface area contributed by atoms with E-state index < -0.39 is 0 Å². The fourth-order valence-corrected chi connectivity index (χ4v) is 3.28. The maximum absolute atomic E-state index is 12.3. The first-order chi connectivity index (χ1) is 9.92. The molecule has 1 amide bonds. The molecule has 0 unspecified atom stereocenters. The Bertz CT molecular complexity index is 679. The van der Waals surface area contributed by atoms with Crippen LogP contribution < -0.4 is 15.8 Å². The SMILES string of the molecule is COc1cc(C(=O)Nc2c(Br)cc(N)cc2Br)ccc1C. The fourth-order valence-electron chi connectivity index (χ4n) is 1.86. The second-order valence-electron chi connectivity index (χ2n) is 4.50. The monoisotopic (exact) mass is 412 g/mol.